The molecule has 0 aliphatic carbocycles. The van der Waals surface area contributed by atoms with Crippen LogP contribution < -0.4 is 0 Å². The van der Waals surface area contributed by atoms with Crippen LogP contribution in [-0.2, 0) is 9.53 Å². The van der Waals surface area contributed by atoms with Crippen LogP contribution in [0, 0.1) is 0 Å². The van der Waals surface area contributed by atoms with Crippen molar-refractivity contribution in [2.24, 2.45) is 0 Å². The van der Waals surface area contributed by atoms with Gasteiger partial charge in [0.05, 0.1) is 0 Å². The summed E-state index contributed by atoms with van der Waals surface area (Å²) in [6, 6.07) is 0. The Bertz CT molecular complexity index is 217. The van der Waals surface area contributed by atoms with Crippen LogP contribution >= 0.6 is 11.6 Å². The van der Waals surface area contributed by atoms with Crippen molar-refractivity contribution in [3.05, 3.63) is 11.8 Å². The smallest absolute Gasteiger partial charge is 0.243 e. The summed E-state index contributed by atoms with van der Waals surface area (Å²) in [4.78, 5) is 12.9. The second kappa shape index (κ2) is 8.74. The van der Waals surface area contributed by atoms with Gasteiger partial charge in [-0.2, -0.15) is 0 Å². The number of carbonyl (C=O) groups excluding carboxylic acids is 1. The van der Waals surface area contributed by atoms with E-state index in [4.69, 9.17) is 16.3 Å². The van der Waals surface area contributed by atoms with Crippen molar-refractivity contribution in [2.75, 3.05) is 19.7 Å². The quantitative estimate of drug-likeness (QED) is 0.500. The second-order valence-corrected chi connectivity index (χ2v) is 3.76. The molecule has 0 fully saturated rings. The van der Waals surface area contributed by atoms with E-state index in [1.54, 1.807) is 7.11 Å². The van der Waals surface area contributed by atoms with Gasteiger partial charge in [-0.15, -0.1) is 11.6 Å². The van der Waals surface area contributed by atoms with Crippen LogP contribution in [0.15, 0.2) is 11.8 Å². The van der Waals surface area contributed by atoms with E-state index in [0.717, 1.165) is 19.3 Å². The van der Waals surface area contributed by atoms with Crippen molar-refractivity contribution in [3.63, 3.8) is 0 Å². The van der Waals surface area contributed by atoms with Gasteiger partial charge in [0, 0.05) is 13.3 Å². The van der Waals surface area contributed by atoms with Crippen molar-refractivity contribution in [2.45, 2.75) is 33.1 Å². The minimum absolute atomic E-state index is 0.0130. The number of carbonyl (C=O) groups is 1. The highest BCUT2D eigenvalue weighted by atomic mass is 35.5. The van der Waals surface area contributed by atoms with Crippen LogP contribution in [0.1, 0.15) is 33.1 Å². The van der Waals surface area contributed by atoms with Crippen molar-refractivity contribution < 1.29 is 9.53 Å². The highest BCUT2D eigenvalue weighted by molar-refractivity contribution is 6.27. The molecule has 0 atom stereocenters. The molecule has 1 amide bonds. The van der Waals surface area contributed by atoms with Crippen LogP contribution in [0.5, 0.6) is 0 Å². The Hall–Kier alpha value is -0.540. The van der Waals surface area contributed by atoms with Gasteiger partial charge < -0.3 is 4.74 Å². The first kappa shape index (κ1) is 14.5. The number of ether oxygens (including phenoxy) is 1. The summed E-state index contributed by atoms with van der Waals surface area (Å²) in [5.41, 5.74) is 1.17. The Morgan fingerprint density at radius 1 is 1.53 bits per heavy atom. The van der Waals surface area contributed by atoms with Gasteiger partial charge in [-0.25, -0.2) is 0 Å². The molecule has 0 N–H and O–H groups in total. The zero-order valence-corrected chi connectivity index (χ0v) is 10.5. The highest BCUT2D eigenvalue weighted by Gasteiger charge is 2.09. The SMILES string of the molecule is CCCCC(C)=CN(COC)C(=O)CCl. The zero-order valence-electron chi connectivity index (χ0n) is 9.75. The second-order valence-electron chi connectivity index (χ2n) is 3.49. The summed E-state index contributed by atoms with van der Waals surface area (Å²) in [5, 5.41) is 0. The fraction of sp³-hybridized carbons (Fsp3) is 0.727. The zero-order chi connectivity index (χ0) is 11.7. The van der Waals surface area contributed by atoms with Crippen LogP contribution in [-0.4, -0.2) is 30.5 Å². The van der Waals surface area contributed by atoms with E-state index in [-0.39, 0.29) is 18.5 Å². The molecule has 0 aromatic heterocycles. The summed E-state index contributed by atoms with van der Waals surface area (Å²) >= 11 is 5.49. The molecule has 0 aliphatic heterocycles. The highest BCUT2D eigenvalue weighted by Crippen LogP contribution is 2.08. The number of hydrogen-bond donors (Lipinski definition) is 0. The number of hydrogen-bond acceptors (Lipinski definition) is 2. The van der Waals surface area contributed by atoms with Gasteiger partial charge in [0.2, 0.25) is 5.91 Å². The largest absolute Gasteiger partial charge is 0.364 e. The fourth-order valence-electron chi connectivity index (χ4n) is 1.18. The molecule has 0 saturated carbocycles. The molecule has 15 heavy (non-hydrogen) atoms. The maximum atomic E-state index is 11.4. The minimum Gasteiger partial charge on any atom is -0.364 e. The summed E-state index contributed by atoms with van der Waals surface area (Å²) in [6.07, 6.45) is 5.12. The van der Waals surface area contributed by atoms with E-state index >= 15 is 0 Å². The monoisotopic (exact) mass is 233 g/mol. The van der Waals surface area contributed by atoms with Crippen LogP contribution in [0.4, 0.5) is 0 Å². The Morgan fingerprint density at radius 2 is 2.20 bits per heavy atom. The maximum absolute atomic E-state index is 11.4. The topological polar surface area (TPSA) is 29.5 Å². The summed E-state index contributed by atoms with van der Waals surface area (Å²) < 4.78 is 4.93. The predicted molar refractivity (Wildman–Crippen MR) is 62.7 cm³/mol. The molecule has 0 aromatic rings. The predicted octanol–water partition coefficient (Wildman–Crippen LogP) is 2.75. The Kier molecular flexibility index (Phi) is 8.43. The van der Waals surface area contributed by atoms with Crippen molar-refractivity contribution in [1.29, 1.82) is 0 Å². The molecule has 0 saturated heterocycles. The number of allylic oxidation sites excluding steroid dienone is 1. The molecule has 4 heteroatoms. The minimum atomic E-state index is -0.130. The van der Waals surface area contributed by atoms with Gasteiger partial charge in [0.1, 0.15) is 12.6 Å². The van der Waals surface area contributed by atoms with Gasteiger partial charge in [-0.1, -0.05) is 18.9 Å². The Morgan fingerprint density at radius 3 is 2.67 bits per heavy atom. The molecule has 0 bridgehead atoms. The maximum Gasteiger partial charge on any atom is 0.243 e. The summed E-state index contributed by atoms with van der Waals surface area (Å²) in [5.74, 6) is -0.143. The molecular formula is C11H20ClNO2. The first-order valence-electron chi connectivity index (χ1n) is 5.17. The van der Waals surface area contributed by atoms with Gasteiger partial charge in [-0.3, -0.25) is 9.69 Å². The number of amides is 1. The lowest BCUT2D eigenvalue weighted by Gasteiger charge is -2.17. The molecule has 0 heterocycles. The Balaban J connectivity index is 4.29. The average molecular weight is 234 g/mol. The first-order chi connectivity index (χ1) is 7.15. The molecule has 0 aliphatic rings. The number of nitrogens with zero attached hydrogens (tertiary/aromatic N) is 1. The number of methoxy groups -OCH3 is 1. The summed E-state index contributed by atoms with van der Waals surface area (Å²) in [7, 11) is 1.56. The van der Waals surface area contributed by atoms with Gasteiger partial charge >= 0.3 is 0 Å². The molecule has 0 unspecified atom stereocenters. The van der Waals surface area contributed by atoms with E-state index < -0.39 is 0 Å². The number of halogens is 1. The standard InChI is InChI=1S/C11H20ClNO2/c1-4-5-6-10(2)8-13(9-15-3)11(14)7-12/h8H,4-7,9H2,1-3H3. The number of rotatable bonds is 7. The molecule has 0 radical (unpaired) electrons. The molecular weight excluding hydrogens is 214 g/mol. The lowest BCUT2D eigenvalue weighted by atomic mass is 10.1. The third-order valence-electron chi connectivity index (χ3n) is 2.00. The normalized spacial score (nSPS) is 11.6. The number of alkyl halides is 1. The lowest BCUT2D eigenvalue weighted by molar-refractivity contribution is -0.129. The van der Waals surface area contributed by atoms with Gasteiger partial charge in [0.25, 0.3) is 0 Å². The van der Waals surface area contributed by atoms with E-state index in [0.29, 0.717) is 0 Å². The van der Waals surface area contributed by atoms with Crippen LogP contribution in [0.3, 0.4) is 0 Å². The third-order valence-corrected chi connectivity index (χ3v) is 2.23. The fourth-order valence-corrected chi connectivity index (χ4v) is 1.34. The lowest BCUT2D eigenvalue weighted by Crippen LogP contribution is -2.29. The molecule has 3 nitrogen and oxygen atoms in total. The average Bonchev–Trinajstić information content (AvgIpc) is 2.24. The van der Waals surface area contributed by atoms with Crippen LogP contribution in [0.2, 0.25) is 0 Å². The number of unbranched alkanes of at least 4 members (excludes halogenated alkanes) is 1. The van der Waals surface area contributed by atoms with Gasteiger partial charge in [-0.05, 0) is 19.8 Å². The van der Waals surface area contributed by atoms with E-state index in [1.165, 1.54) is 10.5 Å². The Labute approximate surface area is 97.0 Å². The van der Waals surface area contributed by atoms with E-state index in [9.17, 15) is 4.79 Å². The van der Waals surface area contributed by atoms with E-state index in [2.05, 4.69) is 6.92 Å². The third kappa shape index (κ3) is 6.52. The van der Waals surface area contributed by atoms with E-state index in [1.807, 2.05) is 13.1 Å². The summed E-state index contributed by atoms with van der Waals surface area (Å²) in [6.45, 7) is 4.42. The van der Waals surface area contributed by atoms with Crippen molar-refractivity contribution >= 4 is 17.5 Å². The molecule has 88 valence electrons. The molecule has 0 aromatic carbocycles. The van der Waals surface area contributed by atoms with Crippen molar-refractivity contribution in [3.8, 4) is 0 Å². The van der Waals surface area contributed by atoms with Crippen LogP contribution in [0.25, 0.3) is 0 Å². The van der Waals surface area contributed by atoms with Crippen molar-refractivity contribution in [1.82, 2.24) is 4.90 Å². The molecule has 0 rings (SSSR count). The first-order valence-corrected chi connectivity index (χ1v) is 5.70. The van der Waals surface area contributed by atoms with Gasteiger partial charge in [0.15, 0.2) is 0 Å². The molecule has 0 spiro atoms.